The molecule has 0 atom stereocenters. The average molecular weight is 357 g/mol. The van der Waals surface area contributed by atoms with Gasteiger partial charge in [-0.3, -0.25) is 4.79 Å². The number of hydrogen-bond donors (Lipinski definition) is 2. The van der Waals surface area contributed by atoms with Gasteiger partial charge in [-0.05, 0) is 46.3 Å². The molecule has 0 saturated carbocycles. The van der Waals surface area contributed by atoms with Gasteiger partial charge in [-0.25, -0.2) is 8.78 Å². The lowest BCUT2D eigenvalue weighted by molar-refractivity contribution is 0.102. The maximum atomic E-state index is 13.7. The molecule has 2 aromatic rings. The molecule has 0 saturated heterocycles. The van der Waals surface area contributed by atoms with E-state index in [9.17, 15) is 13.6 Å². The summed E-state index contributed by atoms with van der Waals surface area (Å²) in [5, 5.41) is 2.26. The van der Waals surface area contributed by atoms with Crippen LogP contribution in [0.1, 0.15) is 10.4 Å². The fourth-order valence-electron chi connectivity index (χ4n) is 1.68. The quantitative estimate of drug-likeness (QED) is 0.826. The zero-order valence-corrected chi connectivity index (χ0v) is 12.5. The number of benzene rings is 2. The lowest BCUT2D eigenvalue weighted by Crippen LogP contribution is -2.15. The molecule has 0 aromatic heterocycles. The van der Waals surface area contributed by atoms with Crippen molar-refractivity contribution in [3.05, 3.63) is 52.0 Å². The average Bonchev–Trinajstić information content (AvgIpc) is 2.48. The summed E-state index contributed by atoms with van der Waals surface area (Å²) >= 11 is 3.21. The van der Waals surface area contributed by atoms with Crippen molar-refractivity contribution in [2.45, 2.75) is 0 Å². The topological polar surface area (TPSA) is 64.3 Å². The molecule has 0 spiro atoms. The summed E-state index contributed by atoms with van der Waals surface area (Å²) in [4.78, 5) is 12.2. The summed E-state index contributed by atoms with van der Waals surface area (Å²) < 4.78 is 32.4. The molecule has 2 rings (SSSR count). The smallest absolute Gasteiger partial charge is 0.257 e. The van der Waals surface area contributed by atoms with E-state index in [2.05, 4.69) is 21.2 Å². The standard InChI is InChI=1S/C14H11BrF2N2O2/c1-21-7-2-3-9(15)8(6-7)14(20)19-13-11(18)5-4-10(16)12(13)17/h2-6H,18H2,1H3,(H,19,20). The number of anilines is 2. The highest BCUT2D eigenvalue weighted by Crippen LogP contribution is 2.27. The van der Waals surface area contributed by atoms with Gasteiger partial charge in [-0.2, -0.15) is 0 Å². The Kier molecular flexibility index (Phi) is 4.42. The van der Waals surface area contributed by atoms with Crippen molar-refractivity contribution in [1.29, 1.82) is 0 Å². The fraction of sp³-hybridized carbons (Fsp3) is 0.0714. The van der Waals surface area contributed by atoms with E-state index in [0.717, 1.165) is 6.07 Å². The van der Waals surface area contributed by atoms with Crippen LogP contribution in [0.3, 0.4) is 0 Å². The molecule has 110 valence electrons. The van der Waals surface area contributed by atoms with Gasteiger partial charge >= 0.3 is 0 Å². The summed E-state index contributed by atoms with van der Waals surface area (Å²) in [5.41, 5.74) is 5.30. The van der Waals surface area contributed by atoms with Crippen LogP contribution in [0.5, 0.6) is 5.75 Å². The molecule has 0 aliphatic rings. The van der Waals surface area contributed by atoms with E-state index in [1.54, 1.807) is 12.1 Å². The van der Waals surface area contributed by atoms with Crippen molar-refractivity contribution in [2.24, 2.45) is 0 Å². The largest absolute Gasteiger partial charge is 0.497 e. The summed E-state index contributed by atoms with van der Waals surface area (Å²) in [7, 11) is 1.45. The number of nitrogens with two attached hydrogens (primary N) is 1. The van der Waals surface area contributed by atoms with Crippen molar-refractivity contribution in [1.82, 2.24) is 0 Å². The molecule has 0 fully saturated rings. The van der Waals surface area contributed by atoms with Gasteiger partial charge in [0.2, 0.25) is 0 Å². The highest BCUT2D eigenvalue weighted by atomic mass is 79.9. The van der Waals surface area contributed by atoms with Gasteiger partial charge in [0.05, 0.1) is 18.4 Å². The second-order valence-electron chi connectivity index (χ2n) is 4.13. The molecular weight excluding hydrogens is 346 g/mol. The zero-order chi connectivity index (χ0) is 15.6. The van der Waals surface area contributed by atoms with Crippen LogP contribution in [-0.4, -0.2) is 13.0 Å². The molecule has 0 aliphatic carbocycles. The van der Waals surface area contributed by atoms with Gasteiger partial charge in [-0.15, -0.1) is 0 Å². The molecule has 3 N–H and O–H groups in total. The summed E-state index contributed by atoms with van der Waals surface area (Å²) in [6.45, 7) is 0. The normalized spacial score (nSPS) is 10.3. The number of halogens is 3. The third-order valence-electron chi connectivity index (χ3n) is 2.78. The number of nitrogens with one attached hydrogen (secondary N) is 1. The Balaban J connectivity index is 2.37. The third kappa shape index (κ3) is 3.13. The summed E-state index contributed by atoms with van der Waals surface area (Å²) in [6, 6.07) is 6.79. The predicted octanol–water partition coefficient (Wildman–Crippen LogP) is 3.57. The number of carbonyl (C=O) groups is 1. The van der Waals surface area contributed by atoms with Crippen LogP contribution >= 0.6 is 15.9 Å². The number of nitrogen functional groups attached to an aromatic ring is 1. The van der Waals surface area contributed by atoms with E-state index in [1.807, 2.05) is 0 Å². The monoisotopic (exact) mass is 356 g/mol. The van der Waals surface area contributed by atoms with E-state index < -0.39 is 23.2 Å². The first-order valence-corrected chi connectivity index (χ1v) is 6.61. The van der Waals surface area contributed by atoms with Crippen LogP contribution in [0.15, 0.2) is 34.8 Å². The molecule has 0 unspecified atom stereocenters. The Morgan fingerprint density at radius 2 is 2.00 bits per heavy atom. The van der Waals surface area contributed by atoms with Gasteiger partial charge in [-0.1, -0.05) is 0 Å². The Bertz CT molecular complexity index is 708. The Hall–Kier alpha value is -2.15. The van der Waals surface area contributed by atoms with Gasteiger partial charge in [0.15, 0.2) is 11.6 Å². The molecule has 1 amide bonds. The zero-order valence-electron chi connectivity index (χ0n) is 10.9. The molecular formula is C14H11BrF2N2O2. The molecule has 0 aliphatic heterocycles. The minimum atomic E-state index is -1.21. The number of methoxy groups -OCH3 is 1. The fourth-order valence-corrected chi connectivity index (χ4v) is 2.11. The molecule has 7 heteroatoms. The highest BCUT2D eigenvalue weighted by molar-refractivity contribution is 9.10. The van der Waals surface area contributed by atoms with E-state index in [1.165, 1.54) is 19.2 Å². The lowest BCUT2D eigenvalue weighted by Gasteiger charge is -2.11. The van der Waals surface area contributed by atoms with Crippen LogP contribution in [-0.2, 0) is 0 Å². The molecule has 2 aromatic carbocycles. The number of amides is 1. The van der Waals surface area contributed by atoms with Crippen molar-refractivity contribution in [3.8, 4) is 5.75 Å². The molecule has 0 radical (unpaired) electrons. The predicted molar refractivity (Wildman–Crippen MR) is 79.4 cm³/mol. The Morgan fingerprint density at radius 1 is 1.29 bits per heavy atom. The van der Waals surface area contributed by atoms with Gasteiger partial charge in [0.1, 0.15) is 11.4 Å². The van der Waals surface area contributed by atoms with Crippen molar-refractivity contribution >= 4 is 33.2 Å². The van der Waals surface area contributed by atoms with E-state index in [4.69, 9.17) is 10.5 Å². The first-order chi connectivity index (χ1) is 9.93. The Morgan fingerprint density at radius 3 is 2.67 bits per heavy atom. The van der Waals surface area contributed by atoms with Crippen LogP contribution in [0.2, 0.25) is 0 Å². The first-order valence-electron chi connectivity index (χ1n) is 5.82. The Labute approximate surface area is 128 Å². The van der Waals surface area contributed by atoms with Gasteiger partial charge in [0.25, 0.3) is 5.91 Å². The second-order valence-corrected chi connectivity index (χ2v) is 4.98. The molecule has 4 nitrogen and oxygen atoms in total. The summed E-state index contributed by atoms with van der Waals surface area (Å²) in [5.74, 6) is -2.49. The maximum Gasteiger partial charge on any atom is 0.257 e. The molecule has 0 heterocycles. The molecule has 21 heavy (non-hydrogen) atoms. The minimum Gasteiger partial charge on any atom is -0.497 e. The van der Waals surface area contributed by atoms with Gasteiger partial charge < -0.3 is 15.8 Å². The van der Waals surface area contributed by atoms with Crippen LogP contribution in [0.25, 0.3) is 0 Å². The third-order valence-corrected chi connectivity index (χ3v) is 3.48. The lowest BCUT2D eigenvalue weighted by atomic mass is 10.2. The second kappa shape index (κ2) is 6.09. The molecule has 0 bridgehead atoms. The summed E-state index contributed by atoms with van der Waals surface area (Å²) in [6.07, 6.45) is 0. The number of rotatable bonds is 3. The highest BCUT2D eigenvalue weighted by Gasteiger charge is 2.17. The first kappa shape index (κ1) is 15.2. The van der Waals surface area contributed by atoms with E-state index in [0.29, 0.717) is 10.2 Å². The van der Waals surface area contributed by atoms with Crippen LogP contribution in [0.4, 0.5) is 20.2 Å². The minimum absolute atomic E-state index is 0.0683. The van der Waals surface area contributed by atoms with E-state index in [-0.39, 0.29) is 11.3 Å². The van der Waals surface area contributed by atoms with Crippen molar-refractivity contribution < 1.29 is 18.3 Å². The van der Waals surface area contributed by atoms with Crippen molar-refractivity contribution in [2.75, 3.05) is 18.2 Å². The van der Waals surface area contributed by atoms with Gasteiger partial charge in [0, 0.05) is 4.47 Å². The number of ether oxygens (including phenoxy) is 1. The maximum absolute atomic E-state index is 13.7. The van der Waals surface area contributed by atoms with Crippen LogP contribution in [0, 0.1) is 11.6 Å². The van der Waals surface area contributed by atoms with Crippen molar-refractivity contribution in [3.63, 3.8) is 0 Å². The van der Waals surface area contributed by atoms with Crippen LogP contribution < -0.4 is 15.8 Å². The number of hydrogen-bond acceptors (Lipinski definition) is 3. The number of carbonyl (C=O) groups excluding carboxylic acids is 1. The van der Waals surface area contributed by atoms with E-state index >= 15 is 0 Å². The SMILES string of the molecule is COc1ccc(Br)c(C(=O)Nc2c(N)ccc(F)c2F)c1.